The Kier molecular flexibility index (Phi) is 4.01. The summed E-state index contributed by atoms with van der Waals surface area (Å²) in [5.41, 5.74) is 1.50. The number of nitrogens with zero attached hydrogens (tertiary/aromatic N) is 1. The normalized spacial score (nSPS) is 11.3. The van der Waals surface area contributed by atoms with Crippen LogP contribution in [-0.4, -0.2) is 25.6 Å². The van der Waals surface area contributed by atoms with Crippen LogP contribution in [0.25, 0.3) is 10.2 Å². The monoisotopic (exact) mass is 347 g/mol. The lowest BCUT2D eigenvalue weighted by Gasteiger charge is -2.06. The molecule has 118 valence electrons. The lowest BCUT2D eigenvalue weighted by molar-refractivity contribution is 0.102. The van der Waals surface area contributed by atoms with E-state index in [1.165, 1.54) is 17.4 Å². The largest absolute Gasteiger partial charge is 0.298 e. The van der Waals surface area contributed by atoms with Gasteiger partial charge in [-0.2, -0.15) is 0 Å². The third kappa shape index (κ3) is 3.85. The van der Waals surface area contributed by atoms with Gasteiger partial charge < -0.3 is 0 Å². The first-order valence-electron chi connectivity index (χ1n) is 6.65. The van der Waals surface area contributed by atoms with Gasteiger partial charge in [0.2, 0.25) is 10.0 Å². The summed E-state index contributed by atoms with van der Waals surface area (Å²) in [4.78, 5) is 16.6. The highest BCUT2D eigenvalue weighted by molar-refractivity contribution is 7.92. The van der Waals surface area contributed by atoms with E-state index in [0.29, 0.717) is 16.4 Å². The Hall–Kier alpha value is -2.45. The number of benzene rings is 2. The molecule has 1 amide bonds. The van der Waals surface area contributed by atoms with Crippen LogP contribution in [0.1, 0.15) is 10.4 Å². The van der Waals surface area contributed by atoms with Crippen molar-refractivity contribution in [3.8, 4) is 0 Å². The van der Waals surface area contributed by atoms with Crippen LogP contribution >= 0.6 is 11.3 Å². The number of fused-ring (bicyclic) bond motifs is 1. The number of hydrogen-bond acceptors (Lipinski definition) is 5. The van der Waals surface area contributed by atoms with Gasteiger partial charge in [0.25, 0.3) is 5.91 Å². The molecule has 0 aliphatic heterocycles. The number of carbonyl (C=O) groups is 1. The van der Waals surface area contributed by atoms with E-state index in [0.717, 1.165) is 16.5 Å². The molecule has 0 atom stereocenters. The van der Waals surface area contributed by atoms with Crippen LogP contribution in [0, 0.1) is 0 Å². The molecular formula is C15H13N3O3S2. The summed E-state index contributed by atoms with van der Waals surface area (Å²) in [5.74, 6) is -0.346. The van der Waals surface area contributed by atoms with Gasteiger partial charge >= 0.3 is 0 Å². The quantitative estimate of drug-likeness (QED) is 0.759. The fourth-order valence-electron chi connectivity index (χ4n) is 2.03. The molecule has 3 rings (SSSR count). The summed E-state index contributed by atoms with van der Waals surface area (Å²) in [6.07, 6.45) is 1.06. The van der Waals surface area contributed by atoms with E-state index in [-0.39, 0.29) is 5.91 Å². The molecule has 8 heteroatoms. The molecule has 0 spiro atoms. The molecule has 0 unspecified atom stereocenters. The predicted octanol–water partition coefficient (Wildman–Crippen LogP) is 2.92. The molecule has 0 saturated carbocycles. The number of nitrogens with one attached hydrogen (secondary N) is 2. The van der Waals surface area contributed by atoms with E-state index in [4.69, 9.17) is 0 Å². The number of aromatic nitrogens is 1. The van der Waals surface area contributed by atoms with Crippen molar-refractivity contribution >= 4 is 48.3 Å². The average Bonchev–Trinajstić information content (AvgIpc) is 2.87. The van der Waals surface area contributed by atoms with Gasteiger partial charge in [0.15, 0.2) is 5.13 Å². The molecule has 1 aromatic heterocycles. The summed E-state index contributed by atoms with van der Waals surface area (Å²) in [5, 5.41) is 3.23. The molecule has 0 bridgehead atoms. The van der Waals surface area contributed by atoms with Crippen molar-refractivity contribution in [2.75, 3.05) is 16.3 Å². The predicted molar refractivity (Wildman–Crippen MR) is 92.5 cm³/mol. The number of sulfonamides is 1. The van der Waals surface area contributed by atoms with Crippen molar-refractivity contribution in [2.24, 2.45) is 0 Å². The maximum absolute atomic E-state index is 12.3. The SMILES string of the molecule is CS(=O)(=O)Nc1cccc(C(=O)Nc2nc3ccccc3s2)c1. The highest BCUT2D eigenvalue weighted by Crippen LogP contribution is 2.26. The Morgan fingerprint density at radius 3 is 2.65 bits per heavy atom. The summed E-state index contributed by atoms with van der Waals surface area (Å²) >= 11 is 1.38. The van der Waals surface area contributed by atoms with Crippen LogP contribution in [0.15, 0.2) is 48.5 Å². The first-order valence-corrected chi connectivity index (χ1v) is 9.36. The Morgan fingerprint density at radius 2 is 1.91 bits per heavy atom. The molecule has 0 aliphatic carbocycles. The van der Waals surface area contributed by atoms with E-state index in [9.17, 15) is 13.2 Å². The highest BCUT2D eigenvalue weighted by Gasteiger charge is 2.11. The molecule has 3 aromatic rings. The standard InChI is InChI=1S/C15H13N3O3S2/c1-23(20,21)18-11-6-4-5-10(9-11)14(19)17-15-16-12-7-2-3-8-13(12)22-15/h2-9,18H,1H3,(H,16,17,19). The van der Waals surface area contributed by atoms with E-state index in [1.54, 1.807) is 18.2 Å². The number of anilines is 2. The van der Waals surface area contributed by atoms with Crippen molar-refractivity contribution in [3.63, 3.8) is 0 Å². The summed E-state index contributed by atoms with van der Waals surface area (Å²) in [7, 11) is -3.39. The minimum atomic E-state index is -3.39. The lowest BCUT2D eigenvalue weighted by atomic mass is 10.2. The highest BCUT2D eigenvalue weighted by atomic mass is 32.2. The van der Waals surface area contributed by atoms with Crippen LogP contribution in [0.2, 0.25) is 0 Å². The van der Waals surface area contributed by atoms with Gasteiger partial charge in [-0.05, 0) is 30.3 Å². The number of hydrogen-bond donors (Lipinski definition) is 2. The second-order valence-corrected chi connectivity index (χ2v) is 7.68. The van der Waals surface area contributed by atoms with E-state index < -0.39 is 10.0 Å². The van der Waals surface area contributed by atoms with Crippen LogP contribution in [0.4, 0.5) is 10.8 Å². The number of rotatable bonds is 4. The fourth-order valence-corrected chi connectivity index (χ4v) is 3.45. The molecule has 0 radical (unpaired) electrons. The topological polar surface area (TPSA) is 88.2 Å². The van der Waals surface area contributed by atoms with Crippen molar-refractivity contribution in [1.29, 1.82) is 0 Å². The average molecular weight is 347 g/mol. The molecule has 6 nitrogen and oxygen atoms in total. The molecule has 2 aromatic carbocycles. The van der Waals surface area contributed by atoms with Gasteiger partial charge in [-0.15, -0.1) is 0 Å². The summed E-state index contributed by atoms with van der Waals surface area (Å²) < 4.78 is 25.8. The number of amides is 1. The maximum atomic E-state index is 12.3. The molecule has 0 saturated heterocycles. The second kappa shape index (κ2) is 5.98. The number of para-hydroxylation sites is 1. The zero-order valence-electron chi connectivity index (χ0n) is 12.1. The van der Waals surface area contributed by atoms with E-state index in [2.05, 4.69) is 15.0 Å². The van der Waals surface area contributed by atoms with Crippen LogP contribution in [-0.2, 0) is 10.0 Å². The van der Waals surface area contributed by atoms with E-state index >= 15 is 0 Å². The third-order valence-corrected chi connectivity index (χ3v) is 4.50. The minimum absolute atomic E-state index is 0.337. The van der Waals surface area contributed by atoms with Gasteiger partial charge in [0.1, 0.15) is 0 Å². The first kappa shape index (κ1) is 15.4. The third-order valence-electron chi connectivity index (χ3n) is 2.94. The van der Waals surface area contributed by atoms with Crippen LogP contribution < -0.4 is 10.0 Å². The Labute approximate surface area is 137 Å². The molecule has 1 heterocycles. The summed E-state index contributed by atoms with van der Waals surface area (Å²) in [6.45, 7) is 0. The fraction of sp³-hybridized carbons (Fsp3) is 0.0667. The van der Waals surface area contributed by atoms with Gasteiger partial charge in [-0.3, -0.25) is 14.8 Å². The molecular weight excluding hydrogens is 334 g/mol. The number of carbonyl (C=O) groups excluding carboxylic acids is 1. The molecule has 0 fully saturated rings. The van der Waals surface area contributed by atoms with Gasteiger partial charge in [0, 0.05) is 11.3 Å². The Balaban J connectivity index is 1.81. The summed E-state index contributed by atoms with van der Waals surface area (Å²) in [6, 6.07) is 13.9. The van der Waals surface area contributed by atoms with Gasteiger partial charge in [-0.25, -0.2) is 13.4 Å². The zero-order chi connectivity index (χ0) is 16.4. The smallest absolute Gasteiger partial charge is 0.257 e. The van der Waals surface area contributed by atoms with Gasteiger partial charge in [-0.1, -0.05) is 29.5 Å². The molecule has 2 N–H and O–H groups in total. The van der Waals surface area contributed by atoms with Crippen LogP contribution in [0.5, 0.6) is 0 Å². The van der Waals surface area contributed by atoms with Crippen LogP contribution in [0.3, 0.4) is 0 Å². The van der Waals surface area contributed by atoms with Crippen molar-refractivity contribution in [1.82, 2.24) is 4.98 Å². The van der Waals surface area contributed by atoms with Crippen molar-refractivity contribution < 1.29 is 13.2 Å². The first-order chi connectivity index (χ1) is 10.9. The molecule has 23 heavy (non-hydrogen) atoms. The number of thiazole rings is 1. The van der Waals surface area contributed by atoms with Crippen molar-refractivity contribution in [3.05, 3.63) is 54.1 Å². The zero-order valence-corrected chi connectivity index (χ0v) is 13.7. The minimum Gasteiger partial charge on any atom is -0.298 e. The lowest BCUT2D eigenvalue weighted by Crippen LogP contribution is -2.13. The second-order valence-electron chi connectivity index (χ2n) is 4.90. The maximum Gasteiger partial charge on any atom is 0.257 e. The van der Waals surface area contributed by atoms with E-state index in [1.807, 2.05) is 24.3 Å². The Morgan fingerprint density at radius 1 is 1.13 bits per heavy atom. The van der Waals surface area contributed by atoms with Crippen molar-refractivity contribution in [2.45, 2.75) is 0 Å². The Bertz CT molecular complexity index is 947. The molecule has 0 aliphatic rings. The van der Waals surface area contributed by atoms with Gasteiger partial charge in [0.05, 0.1) is 16.5 Å².